The van der Waals surface area contributed by atoms with Crippen LogP contribution in [0.2, 0.25) is 5.02 Å². The predicted octanol–water partition coefficient (Wildman–Crippen LogP) is 3.22. The van der Waals surface area contributed by atoms with Gasteiger partial charge in [0, 0.05) is 12.1 Å². The van der Waals surface area contributed by atoms with Crippen LogP contribution in [0.3, 0.4) is 0 Å². The van der Waals surface area contributed by atoms with Gasteiger partial charge in [-0.1, -0.05) is 53.3 Å². The second kappa shape index (κ2) is 9.82. The van der Waals surface area contributed by atoms with Crippen LogP contribution >= 0.6 is 22.9 Å². The van der Waals surface area contributed by atoms with Gasteiger partial charge in [-0.15, -0.1) is 0 Å². The van der Waals surface area contributed by atoms with Crippen molar-refractivity contribution >= 4 is 35.0 Å². The predicted molar refractivity (Wildman–Crippen MR) is 124 cm³/mol. The highest BCUT2D eigenvalue weighted by Crippen LogP contribution is 2.34. The summed E-state index contributed by atoms with van der Waals surface area (Å²) in [5.74, 6) is -0.953. The number of benzene rings is 2. The molecule has 0 spiro atoms. The fraction of sp³-hybridized carbons (Fsp3) is 0.208. The number of fused-ring (bicyclic) bond motifs is 1. The second-order valence-corrected chi connectivity index (χ2v) is 8.70. The van der Waals surface area contributed by atoms with Gasteiger partial charge < -0.3 is 9.47 Å². The Labute approximate surface area is 197 Å². The molecule has 0 fully saturated rings. The van der Waals surface area contributed by atoms with Gasteiger partial charge in [-0.3, -0.25) is 9.36 Å². The molecule has 3 aromatic rings. The number of halogens is 2. The lowest BCUT2D eigenvalue weighted by Crippen LogP contribution is -2.40. The number of esters is 1. The summed E-state index contributed by atoms with van der Waals surface area (Å²) in [6.07, 6.45) is 1.67. The van der Waals surface area contributed by atoms with Crippen LogP contribution in [0.1, 0.15) is 24.1 Å². The number of methoxy groups -OCH3 is 1. The lowest BCUT2D eigenvalue weighted by atomic mass is 9.96. The highest BCUT2D eigenvalue weighted by atomic mass is 35.5. The SMILES string of the molecule is COCCOC(=O)C1=C(C)N=c2s/c(=C\c3ccc(F)cc3)c(=O)n2[C@H]1c1ccccc1Cl. The molecule has 4 rings (SSSR count). The molecule has 1 aliphatic heterocycles. The van der Waals surface area contributed by atoms with Crippen molar-refractivity contribution in [2.45, 2.75) is 13.0 Å². The highest BCUT2D eigenvalue weighted by Gasteiger charge is 2.34. The first-order chi connectivity index (χ1) is 15.9. The zero-order valence-corrected chi connectivity index (χ0v) is 19.5. The van der Waals surface area contributed by atoms with Crippen LogP contribution in [0.25, 0.3) is 6.08 Å². The third kappa shape index (κ3) is 4.68. The summed E-state index contributed by atoms with van der Waals surface area (Å²) in [7, 11) is 1.51. The molecular weight excluding hydrogens is 467 g/mol. The monoisotopic (exact) mass is 486 g/mol. The summed E-state index contributed by atoms with van der Waals surface area (Å²) in [5, 5.41) is 0.410. The highest BCUT2D eigenvalue weighted by molar-refractivity contribution is 7.07. The summed E-state index contributed by atoms with van der Waals surface area (Å²) in [4.78, 5) is 31.5. The lowest BCUT2D eigenvalue weighted by molar-refractivity contribution is -0.140. The van der Waals surface area contributed by atoms with E-state index in [2.05, 4.69) is 4.99 Å². The van der Waals surface area contributed by atoms with Crippen LogP contribution in [-0.4, -0.2) is 30.9 Å². The minimum Gasteiger partial charge on any atom is -0.460 e. The number of thiazole rings is 1. The zero-order chi connectivity index (χ0) is 23.5. The molecule has 1 aliphatic rings. The van der Waals surface area contributed by atoms with Gasteiger partial charge in [-0.05, 0) is 42.3 Å². The molecule has 0 aliphatic carbocycles. The molecule has 0 N–H and O–H groups in total. The first-order valence-electron chi connectivity index (χ1n) is 10.1. The number of hydrogen-bond acceptors (Lipinski definition) is 6. The smallest absolute Gasteiger partial charge is 0.338 e. The van der Waals surface area contributed by atoms with Gasteiger partial charge in [0.05, 0.1) is 22.4 Å². The van der Waals surface area contributed by atoms with E-state index in [1.54, 1.807) is 49.4 Å². The Bertz CT molecular complexity index is 1410. The van der Waals surface area contributed by atoms with Crippen LogP contribution in [0.5, 0.6) is 0 Å². The van der Waals surface area contributed by atoms with E-state index in [9.17, 15) is 14.0 Å². The van der Waals surface area contributed by atoms with Gasteiger partial charge in [0.1, 0.15) is 18.5 Å². The Balaban J connectivity index is 1.90. The van der Waals surface area contributed by atoms with Gasteiger partial charge in [-0.2, -0.15) is 0 Å². The Morgan fingerprint density at radius 1 is 1.21 bits per heavy atom. The normalized spacial score (nSPS) is 15.9. The maximum Gasteiger partial charge on any atom is 0.338 e. The molecule has 0 unspecified atom stereocenters. The molecule has 33 heavy (non-hydrogen) atoms. The van der Waals surface area contributed by atoms with Crippen molar-refractivity contribution in [1.82, 2.24) is 4.57 Å². The van der Waals surface area contributed by atoms with Crippen molar-refractivity contribution in [3.05, 3.63) is 101 Å². The molecule has 0 bridgehead atoms. The molecule has 2 heterocycles. The minimum absolute atomic E-state index is 0.0658. The minimum atomic E-state index is -0.805. The molecule has 0 radical (unpaired) electrons. The van der Waals surface area contributed by atoms with Crippen LogP contribution in [0, 0.1) is 5.82 Å². The number of ether oxygens (including phenoxy) is 2. The summed E-state index contributed by atoms with van der Waals surface area (Å²) < 4.78 is 25.5. The number of nitrogens with zero attached hydrogens (tertiary/aromatic N) is 2. The Hall–Kier alpha value is -3.07. The molecular formula is C24H20ClFN2O4S. The van der Waals surface area contributed by atoms with Gasteiger partial charge >= 0.3 is 5.97 Å². The van der Waals surface area contributed by atoms with Crippen LogP contribution in [-0.2, 0) is 14.3 Å². The summed E-state index contributed by atoms with van der Waals surface area (Å²) in [6, 6.07) is 12.1. The average molecular weight is 487 g/mol. The van der Waals surface area contributed by atoms with Gasteiger partial charge in [0.15, 0.2) is 4.80 Å². The third-order valence-corrected chi connectivity index (χ3v) is 6.46. The van der Waals surface area contributed by atoms with E-state index in [0.29, 0.717) is 31.2 Å². The van der Waals surface area contributed by atoms with Gasteiger partial charge in [0.2, 0.25) is 0 Å². The summed E-state index contributed by atoms with van der Waals surface area (Å²) in [6.45, 7) is 2.01. The van der Waals surface area contributed by atoms with Crippen molar-refractivity contribution in [3.8, 4) is 0 Å². The topological polar surface area (TPSA) is 69.9 Å². The second-order valence-electron chi connectivity index (χ2n) is 7.28. The van der Waals surface area contributed by atoms with E-state index in [4.69, 9.17) is 21.1 Å². The van der Waals surface area contributed by atoms with E-state index >= 15 is 0 Å². The Morgan fingerprint density at radius 3 is 2.64 bits per heavy atom. The fourth-order valence-electron chi connectivity index (χ4n) is 3.58. The molecule has 2 aromatic carbocycles. The number of carbonyl (C=O) groups is 1. The van der Waals surface area contributed by atoms with Crippen molar-refractivity contribution < 1.29 is 18.7 Å². The molecule has 6 nitrogen and oxygen atoms in total. The first-order valence-corrected chi connectivity index (χ1v) is 11.3. The molecule has 1 atom stereocenters. The number of rotatable bonds is 6. The Morgan fingerprint density at radius 2 is 1.94 bits per heavy atom. The first kappa shape index (κ1) is 23.1. The molecule has 9 heteroatoms. The number of carbonyl (C=O) groups excluding carboxylic acids is 1. The van der Waals surface area contributed by atoms with Crippen molar-refractivity contribution in [1.29, 1.82) is 0 Å². The van der Waals surface area contributed by atoms with Gasteiger partial charge in [-0.25, -0.2) is 14.2 Å². The lowest BCUT2D eigenvalue weighted by Gasteiger charge is -2.25. The van der Waals surface area contributed by atoms with Crippen LogP contribution in [0.4, 0.5) is 4.39 Å². The van der Waals surface area contributed by atoms with E-state index < -0.39 is 12.0 Å². The van der Waals surface area contributed by atoms with E-state index in [1.807, 2.05) is 0 Å². The quantitative estimate of drug-likeness (QED) is 0.396. The fourth-order valence-corrected chi connectivity index (χ4v) is 4.87. The number of aromatic nitrogens is 1. The van der Waals surface area contributed by atoms with Crippen molar-refractivity contribution in [2.75, 3.05) is 20.3 Å². The number of hydrogen-bond donors (Lipinski definition) is 0. The van der Waals surface area contributed by atoms with E-state index in [0.717, 1.165) is 0 Å². The van der Waals surface area contributed by atoms with Crippen LogP contribution in [0.15, 0.2) is 69.6 Å². The largest absolute Gasteiger partial charge is 0.460 e. The molecule has 0 saturated carbocycles. The van der Waals surface area contributed by atoms with Gasteiger partial charge in [0.25, 0.3) is 5.56 Å². The average Bonchev–Trinajstić information content (AvgIpc) is 3.09. The van der Waals surface area contributed by atoms with E-state index in [-0.39, 0.29) is 30.2 Å². The molecule has 170 valence electrons. The summed E-state index contributed by atoms with van der Waals surface area (Å²) >= 11 is 7.68. The standard InChI is InChI=1S/C24H20ClFN2O4S/c1-14-20(23(30)32-12-11-31-2)21(17-5-3-4-6-18(17)25)28-22(29)19(33-24(28)27-14)13-15-7-9-16(26)10-8-15/h3-10,13,21H,11-12H2,1-2H3/b19-13-/t21-/m0/s1. The Kier molecular flexibility index (Phi) is 6.88. The van der Waals surface area contributed by atoms with Crippen molar-refractivity contribution in [3.63, 3.8) is 0 Å². The maximum absolute atomic E-state index is 13.5. The van der Waals surface area contributed by atoms with Crippen LogP contribution < -0.4 is 14.9 Å². The van der Waals surface area contributed by atoms with E-state index in [1.165, 1.54) is 35.1 Å². The zero-order valence-electron chi connectivity index (χ0n) is 17.9. The third-order valence-electron chi connectivity index (χ3n) is 5.13. The maximum atomic E-state index is 13.5. The summed E-state index contributed by atoms with van der Waals surface area (Å²) in [5.41, 5.74) is 1.60. The number of allylic oxidation sites excluding steroid dienone is 1. The van der Waals surface area contributed by atoms with Crippen molar-refractivity contribution in [2.24, 2.45) is 4.99 Å². The molecule has 0 amide bonds. The molecule has 1 aromatic heterocycles. The molecule has 0 saturated heterocycles.